The summed E-state index contributed by atoms with van der Waals surface area (Å²) in [7, 11) is 0. The third-order valence-electron chi connectivity index (χ3n) is 1.78. The second-order valence-electron chi connectivity index (χ2n) is 2.73. The van der Waals surface area contributed by atoms with Gasteiger partial charge in [-0.25, -0.2) is 0 Å². The van der Waals surface area contributed by atoms with Crippen LogP contribution in [0.4, 0.5) is 8.78 Å². The van der Waals surface area contributed by atoms with E-state index >= 15 is 0 Å². The maximum absolute atomic E-state index is 11.9. The number of aryl methyl sites for hydroxylation is 1. The number of benzene rings is 1. The molecule has 0 aliphatic rings. The molecule has 0 unspecified atom stereocenters. The fraction of sp³-hybridized carbons (Fsp3) is 0.333. The van der Waals surface area contributed by atoms with Crippen LogP contribution >= 0.6 is 0 Å². The maximum Gasteiger partial charge on any atom is 0.387 e. The van der Waals surface area contributed by atoms with Crippen molar-refractivity contribution in [2.45, 2.75) is 20.5 Å². The van der Waals surface area contributed by atoms with E-state index in [0.29, 0.717) is 11.1 Å². The molecule has 1 aromatic carbocycles. The molecule has 2 nitrogen and oxygen atoms in total. The molecule has 0 saturated heterocycles. The van der Waals surface area contributed by atoms with Crippen LogP contribution in [-0.4, -0.2) is 11.7 Å². The minimum atomic E-state index is -2.86. The van der Waals surface area contributed by atoms with Crippen LogP contribution < -0.4 is 4.74 Å². The van der Waals surface area contributed by atoms with Gasteiger partial charge in [0.1, 0.15) is 11.5 Å². The average Bonchev–Trinajstić information content (AvgIpc) is 2.05. The first kappa shape index (κ1) is 9.77. The molecule has 0 aliphatic heterocycles. The topological polar surface area (TPSA) is 29.5 Å². The van der Waals surface area contributed by atoms with Crippen molar-refractivity contribution in [3.63, 3.8) is 0 Å². The van der Waals surface area contributed by atoms with Crippen LogP contribution in [0.3, 0.4) is 0 Å². The van der Waals surface area contributed by atoms with Crippen molar-refractivity contribution in [2.75, 3.05) is 0 Å². The highest BCUT2D eigenvalue weighted by molar-refractivity contribution is 5.47. The average molecular weight is 188 g/mol. The Labute approximate surface area is 74.8 Å². The number of hydrogen-bond donors (Lipinski definition) is 1. The van der Waals surface area contributed by atoms with E-state index < -0.39 is 6.61 Å². The molecule has 0 amide bonds. The highest BCUT2D eigenvalue weighted by atomic mass is 19.3. The summed E-state index contributed by atoms with van der Waals surface area (Å²) < 4.78 is 28.1. The molecule has 0 bridgehead atoms. The molecule has 0 fully saturated rings. The lowest BCUT2D eigenvalue weighted by atomic mass is 10.1. The van der Waals surface area contributed by atoms with E-state index in [1.807, 2.05) is 0 Å². The molecule has 0 spiro atoms. The Bertz CT molecular complexity index is 311. The van der Waals surface area contributed by atoms with Gasteiger partial charge in [0, 0.05) is 5.56 Å². The number of hydrogen-bond acceptors (Lipinski definition) is 2. The molecule has 1 aromatic rings. The summed E-state index contributed by atoms with van der Waals surface area (Å²) in [6.45, 7) is 0.309. The lowest BCUT2D eigenvalue weighted by molar-refractivity contribution is -0.0508. The van der Waals surface area contributed by atoms with Crippen LogP contribution in [0, 0.1) is 13.8 Å². The summed E-state index contributed by atoms with van der Waals surface area (Å²) in [5.41, 5.74) is 0.913. The summed E-state index contributed by atoms with van der Waals surface area (Å²) in [4.78, 5) is 0. The van der Waals surface area contributed by atoms with Gasteiger partial charge in [0.05, 0.1) is 0 Å². The number of halogens is 2. The molecule has 1 rings (SSSR count). The van der Waals surface area contributed by atoms with Crippen LogP contribution in [0.15, 0.2) is 12.1 Å². The molecular formula is C9H10F2O2. The summed E-state index contributed by atoms with van der Waals surface area (Å²) in [5, 5.41) is 9.21. The van der Waals surface area contributed by atoms with Crippen LogP contribution in [0.5, 0.6) is 11.5 Å². The van der Waals surface area contributed by atoms with E-state index in [-0.39, 0.29) is 11.5 Å². The number of phenolic OH excluding ortho intramolecular Hbond substituents is 1. The molecule has 0 heterocycles. The standard InChI is InChI=1S/C9H10F2O2/c1-5-3-4-7(12)6(2)8(5)13-9(10)11/h3-4,9,12H,1-2H3. The van der Waals surface area contributed by atoms with E-state index in [1.54, 1.807) is 6.92 Å². The van der Waals surface area contributed by atoms with E-state index in [9.17, 15) is 13.9 Å². The Balaban J connectivity index is 3.10. The zero-order valence-corrected chi connectivity index (χ0v) is 7.34. The van der Waals surface area contributed by atoms with Crippen molar-refractivity contribution < 1.29 is 18.6 Å². The molecule has 0 saturated carbocycles. The quantitative estimate of drug-likeness (QED) is 0.772. The highest BCUT2D eigenvalue weighted by Crippen LogP contribution is 2.31. The Hall–Kier alpha value is -1.32. The molecule has 13 heavy (non-hydrogen) atoms. The van der Waals surface area contributed by atoms with E-state index in [2.05, 4.69) is 4.74 Å². The van der Waals surface area contributed by atoms with Crippen molar-refractivity contribution in [1.29, 1.82) is 0 Å². The fourth-order valence-electron chi connectivity index (χ4n) is 1.09. The number of rotatable bonds is 2. The Morgan fingerprint density at radius 2 is 1.92 bits per heavy atom. The van der Waals surface area contributed by atoms with Crippen LogP contribution in [0.25, 0.3) is 0 Å². The Morgan fingerprint density at radius 1 is 1.31 bits per heavy atom. The van der Waals surface area contributed by atoms with Gasteiger partial charge in [-0.1, -0.05) is 6.07 Å². The summed E-state index contributed by atoms with van der Waals surface area (Å²) >= 11 is 0. The summed E-state index contributed by atoms with van der Waals surface area (Å²) in [5.74, 6) is 0.0104. The van der Waals surface area contributed by atoms with Gasteiger partial charge in [0.2, 0.25) is 0 Å². The highest BCUT2D eigenvalue weighted by Gasteiger charge is 2.12. The number of aromatic hydroxyl groups is 1. The van der Waals surface area contributed by atoms with Crippen molar-refractivity contribution >= 4 is 0 Å². The van der Waals surface area contributed by atoms with Crippen LogP contribution in [0.1, 0.15) is 11.1 Å². The lowest BCUT2D eigenvalue weighted by Crippen LogP contribution is -2.04. The number of ether oxygens (including phenoxy) is 1. The smallest absolute Gasteiger partial charge is 0.387 e. The molecular weight excluding hydrogens is 178 g/mol. The molecule has 1 N–H and O–H groups in total. The Kier molecular flexibility index (Phi) is 2.70. The van der Waals surface area contributed by atoms with Crippen molar-refractivity contribution in [3.8, 4) is 11.5 Å². The minimum absolute atomic E-state index is 0.0405. The van der Waals surface area contributed by atoms with Gasteiger partial charge >= 0.3 is 6.61 Å². The SMILES string of the molecule is Cc1ccc(O)c(C)c1OC(F)F. The monoisotopic (exact) mass is 188 g/mol. The predicted octanol–water partition coefficient (Wildman–Crippen LogP) is 2.61. The first-order valence-electron chi connectivity index (χ1n) is 3.76. The van der Waals surface area contributed by atoms with Gasteiger partial charge in [0.15, 0.2) is 0 Å². The number of alkyl halides is 2. The molecule has 72 valence electrons. The predicted molar refractivity (Wildman–Crippen MR) is 44.2 cm³/mol. The maximum atomic E-state index is 11.9. The zero-order valence-electron chi connectivity index (χ0n) is 7.34. The van der Waals surface area contributed by atoms with Gasteiger partial charge in [-0.3, -0.25) is 0 Å². The van der Waals surface area contributed by atoms with Gasteiger partial charge in [-0.15, -0.1) is 0 Å². The molecule has 4 heteroatoms. The largest absolute Gasteiger partial charge is 0.508 e. The van der Waals surface area contributed by atoms with Gasteiger partial charge < -0.3 is 9.84 Å². The second-order valence-corrected chi connectivity index (χ2v) is 2.73. The minimum Gasteiger partial charge on any atom is -0.508 e. The lowest BCUT2D eigenvalue weighted by Gasteiger charge is -2.11. The van der Waals surface area contributed by atoms with E-state index in [1.165, 1.54) is 19.1 Å². The van der Waals surface area contributed by atoms with E-state index in [0.717, 1.165) is 0 Å². The Morgan fingerprint density at radius 3 is 2.46 bits per heavy atom. The van der Waals surface area contributed by atoms with Gasteiger partial charge in [0.25, 0.3) is 0 Å². The first-order chi connectivity index (χ1) is 6.02. The third kappa shape index (κ3) is 2.08. The van der Waals surface area contributed by atoms with Gasteiger partial charge in [-0.05, 0) is 25.5 Å². The number of phenols is 1. The normalized spacial score (nSPS) is 10.5. The second kappa shape index (κ2) is 3.60. The third-order valence-corrected chi connectivity index (χ3v) is 1.78. The van der Waals surface area contributed by atoms with Crippen LogP contribution in [0.2, 0.25) is 0 Å². The van der Waals surface area contributed by atoms with E-state index in [4.69, 9.17) is 0 Å². The summed E-state index contributed by atoms with van der Waals surface area (Å²) in [6, 6.07) is 2.98. The van der Waals surface area contributed by atoms with Crippen molar-refractivity contribution in [3.05, 3.63) is 23.3 Å². The first-order valence-corrected chi connectivity index (χ1v) is 3.76. The summed E-state index contributed by atoms with van der Waals surface area (Å²) in [6.07, 6.45) is 0. The molecule has 0 radical (unpaired) electrons. The van der Waals surface area contributed by atoms with Gasteiger partial charge in [-0.2, -0.15) is 8.78 Å². The molecule has 0 atom stereocenters. The fourth-order valence-corrected chi connectivity index (χ4v) is 1.09. The van der Waals surface area contributed by atoms with Crippen molar-refractivity contribution in [2.24, 2.45) is 0 Å². The van der Waals surface area contributed by atoms with Crippen molar-refractivity contribution in [1.82, 2.24) is 0 Å². The molecule has 0 aromatic heterocycles. The zero-order chi connectivity index (χ0) is 10.0. The van der Waals surface area contributed by atoms with Crippen LogP contribution in [-0.2, 0) is 0 Å². The molecule has 0 aliphatic carbocycles.